The van der Waals surface area contributed by atoms with E-state index in [1.165, 1.54) is 38.4 Å². The number of unbranched alkanes of at least 4 members (excludes halogenated alkanes) is 1. The van der Waals surface area contributed by atoms with Gasteiger partial charge in [-0.05, 0) is 33.7 Å². The molecule has 1 saturated heterocycles. The van der Waals surface area contributed by atoms with Gasteiger partial charge in [0.1, 0.15) is 0 Å². The van der Waals surface area contributed by atoms with Gasteiger partial charge in [0.05, 0.1) is 0 Å². The van der Waals surface area contributed by atoms with Crippen molar-refractivity contribution in [1.29, 1.82) is 0 Å². The normalized spacial score (nSPS) is 19.8. The lowest BCUT2D eigenvalue weighted by molar-refractivity contribution is 0.264. The Balaban J connectivity index is 2.44. The van der Waals surface area contributed by atoms with Gasteiger partial charge in [0.25, 0.3) is 0 Å². The molecule has 1 aliphatic heterocycles. The van der Waals surface area contributed by atoms with E-state index >= 15 is 0 Å². The highest BCUT2D eigenvalue weighted by Crippen LogP contribution is 2.27. The lowest BCUT2D eigenvalue weighted by Crippen LogP contribution is -2.46. The van der Waals surface area contributed by atoms with Crippen LogP contribution in [0.4, 0.5) is 0 Å². The van der Waals surface area contributed by atoms with E-state index < -0.39 is 0 Å². The molecule has 0 bridgehead atoms. The van der Waals surface area contributed by atoms with Crippen LogP contribution in [0.2, 0.25) is 12.6 Å². The van der Waals surface area contributed by atoms with Crippen molar-refractivity contribution in [3.05, 3.63) is 0 Å². The number of hydrogen-bond donors (Lipinski definition) is 0. The van der Waals surface area contributed by atoms with Gasteiger partial charge in [-0.3, -0.25) is 0 Å². The molecule has 1 heterocycles. The van der Waals surface area contributed by atoms with Crippen molar-refractivity contribution in [2.45, 2.75) is 65.1 Å². The Hall–Kier alpha value is 0.0249. The first-order valence-corrected chi connectivity index (χ1v) is 5.82. The van der Waals surface area contributed by atoms with E-state index in [1.807, 2.05) is 0 Å². The summed E-state index contributed by atoms with van der Waals surface area (Å²) < 4.78 is 0. The van der Waals surface area contributed by atoms with Crippen molar-refractivity contribution in [2.24, 2.45) is 0 Å². The summed E-state index contributed by atoms with van der Waals surface area (Å²) in [6.07, 6.45) is 6.99. The molecule has 0 aromatic heterocycles. The highest BCUT2D eigenvalue weighted by atomic mass is 15.1. The van der Waals surface area contributed by atoms with Gasteiger partial charge in [-0.25, -0.2) is 0 Å². The van der Waals surface area contributed by atoms with Crippen LogP contribution >= 0.6 is 0 Å². The molecule has 0 radical (unpaired) electrons. The maximum absolute atomic E-state index is 2.70. The minimum atomic E-state index is 0.384. The van der Waals surface area contributed by atoms with E-state index in [0.29, 0.717) is 5.54 Å². The van der Waals surface area contributed by atoms with Crippen LogP contribution in [0.5, 0.6) is 0 Å². The van der Waals surface area contributed by atoms with Crippen LogP contribution in [0.25, 0.3) is 0 Å². The topological polar surface area (TPSA) is 3.24 Å². The summed E-state index contributed by atoms with van der Waals surface area (Å²) in [5.74, 6) is 0. The van der Waals surface area contributed by atoms with Gasteiger partial charge >= 0.3 is 0 Å². The average molecular weight is 181 g/mol. The van der Waals surface area contributed by atoms with Crippen LogP contribution in [0, 0.1) is 0 Å². The first-order chi connectivity index (χ1) is 6.05. The fraction of sp³-hybridized carbons (Fsp3) is 1.00. The predicted molar refractivity (Wildman–Crippen MR) is 61.4 cm³/mol. The van der Waals surface area contributed by atoms with Crippen LogP contribution < -0.4 is 0 Å². The van der Waals surface area contributed by atoms with Crippen LogP contribution in [0.3, 0.4) is 0 Å². The average Bonchev–Trinajstić information content (AvgIpc) is 2.47. The molecule has 0 aromatic carbocycles. The fourth-order valence-electron chi connectivity index (χ4n) is 2.46. The second-order valence-corrected chi connectivity index (χ2v) is 5.30. The minimum absolute atomic E-state index is 0.384. The monoisotopic (exact) mass is 181 g/mol. The Kier molecular flexibility index (Phi) is 3.84. The fourth-order valence-corrected chi connectivity index (χ4v) is 2.46. The Morgan fingerprint density at radius 2 is 2.00 bits per heavy atom. The van der Waals surface area contributed by atoms with Crippen LogP contribution in [-0.4, -0.2) is 23.7 Å². The highest BCUT2D eigenvalue weighted by Gasteiger charge is 2.34. The number of nitrogens with zero attached hydrogens (tertiary/aromatic N) is 1. The van der Waals surface area contributed by atoms with Crippen molar-refractivity contribution in [3.63, 3.8) is 0 Å². The van der Waals surface area contributed by atoms with E-state index in [1.54, 1.807) is 0 Å². The maximum atomic E-state index is 2.70. The molecule has 76 valence electrons. The van der Waals surface area contributed by atoms with Gasteiger partial charge in [-0.2, -0.15) is 0 Å². The van der Waals surface area contributed by atoms with Crippen molar-refractivity contribution < 1.29 is 0 Å². The van der Waals surface area contributed by atoms with Crippen molar-refractivity contribution in [2.75, 3.05) is 6.54 Å². The molecule has 0 saturated carbocycles. The molecule has 0 aliphatic carbocycles. The molecule has 1 aliphatic rings. The van der Waals surface area contributed by atoms with Gasteiger partial charge in [-0.15, -0.1) is 0 Å². The van der Waals surface area contributed by atoms with Gasteiger partial charge < -0.3 is 4.81 Å². The second-order valence-electron chi connectivity index (χ2n) is 5.30. The summed E-state index contributed by atoms with van der Waals surface area (Å²) >= 11 is 0. The van der Waals surface area contributed by atoms with Gasteiger partial charge in [0.15, 0.2) is 0 Å². The molecule has 13 heavy (non-hydrogen) atoms. The molecule has 0 spiro atoms. The quantitative estimate of drug-likeness (QED) is 0.604. The lowest BCUT2D eigenvalue weighted by atomic mass is 9.54. The zero-order valence-electron chi connectivity index (χ0n) is 9.77. The van der Waals surface area contributed by atoms with Crippen molar-refractivity contribution in [3.8, 4) is 0 Å². The Labute approximate surface area is 84.0 Å². The summed E-state index contributed by atoms with van der Waals surface area (Å²) in [5.41, 5.74) is 0.384. The molecule has 1 rings (SSSR count). The molecule has 0 unspecified atom stereocenters. The highest BCUT2D eigenvalue weighted by molar-refractivity contribution is 6.56. The van der Waals surface area contributed by atoms with E-state index in [2.05, 4.69) is 32.5 Å². The molecular weight excluding hydrogens is 157 g/mol. The first kappa shape index (κ1) is 11.1. The number of hydrogen-bond acceptors (Lipinski definition) is 1. The van der Waals surface area contributed by atoms with Gasteiger partial charge in [0.2, 0.25) is 6.85 Å². The third kappa shape index (κ3) is 3.01. The predicted octanol–water partition coefficient (Wildman–Crippen LogP) is 3.28. The molecule has 2 heteroatoms. The van der Waals surface area contributed by atoms with Crippen LogP contribution in [-0.2, 0) is 0 Å². The Bertz CT molecular complexity index is 151. The molecule has 0 N–H and O–H groups in total. The van der Waals surface area contributed by atoms with Gasteiger partial charge in [-0.1, -0.05) is 32.4 Å². The van der Waals surface area contributed by atoms with Crippen molar-refractivity contribution in [1.82, 2.24) is 4.81 Å². The third-order valence-electron chi connectivity index (χ3n) is 3.13. The lowest BCUT2D eigenvalue weighted by Gasteiger charge is -2.36. The van der Waals surface area contributed by atoms with Crippen LogP contribution in [0.1, 0.15) is 47.0 Å². The summed E-state index contributed by atoms with van der Waals surface area (Å²) in [4.78, 5) is 2.70. The molecule has 1 nitrogen and oxygen atoms in total. The molecule has 1 fully saturated rings. The third-order valence-corrected chi connectivity index (χ3v) is 3.13. The SMILES string of the molecule is CCCCB1CCCN1C(C)(C)C. The van der Waals surface area contributed by atoms with Crippen LogP contribution in [0.15, 0.2) is 0 Å². The maximum Gasteiger partial charge on any atom is 0.223 e. The minimum Gasteiger partial charge on any atom is -0.337 e. The summed E-state index contributed by atoms with van der Waals surface area (Å²) in [7, 11) is 0. The van der Waals surface area contributed by atoms with Gasteiger partial charge in [0, 0.05) is 5.54 Å². The van der Waals surface area contributed by atoms with Crippen molar-refractivity contribution >= 4 is 6.85 Å². The van der Waals surface area contributed by atoms with E-state index in [0.717, 1.165) is 6.85 Å². The summed E-state index contributed by atoms with van der Waals surface area (Å²) in [5, 5.41) is 0. The van der Waals surface area contributed by atoms with E-state index in [9.17, 15) is 0 Å². The van der Waals surface area contributed by atoms with E-state index in [4.69, 9.17) is 0 Å². The second kappa shape index (κ2) is 4.50. The Morgan fingerprint density at radius 1 is 1.31 bits per heavy atom. The number of rotatable bonds is 3. The first-order valence-electron chi connectivity index (χ1n) is 5.82. The smallest absolute Gasteiger partial charge is 0.223 e. The molecule has 0 aromatic rings. The largest absolute Gasteiger partial charge is 0.337 e. The summed E-state index contributed by atoms with van der Waals surface area (Å²) in [6, 6.07) is 0. The zero-order chi connectivity index (χ0) is 9.90. The molecule has 0 atom stereocenters. The molecular formula is C11H24BN. The molecule has 0 amide bonds. The zero-order valence-corrected chi connectivity index (χ0v) is 9.77. The summed E-state index contributed by atoms with van der Waals surface area (Å²) in [6.45, 7) is 11.5. The Morgan fingerprint density at radius 3 is 2.54 bits per heavy atom. The standard InChI is InChI=1S/C11H24BN/c1-5-6-8-12-9-7-10-13(12)11(2,3)4/h5-10H2,1-4H3. The van der Waals surface area contributed by atoms with E-state index in [-0.39, 0.29) is 0 Å².